The van der Waals surface area contributed by atoms with E-state index in [2.05, 4.69) is 43.8 Å². The van der Waals surface area contributed by atoms with Crippen LogP contribution in [0.15, 0.2) is 37.2 Å². The molecular weight excluding hydrogens is 372 g/mol. The highest BCUT2D eigenvalue weighted by atomic mass is 16.5. The Morgan fingerprint density at radius 2 is 0.828 bits per heavy atom. The first-order chi connectivity index (χ1) is 14.1. The Labute approximate surface area is 171 Å². The molecule has 9 heteroatoms. The van der Waals surface area contributed by atoms with Gasteiger partial charge in [-0.3, -0.25) is 0 Å². The van der Waals surface area contributed by atoms with Crippen LogP contribution in [0.25, 0.3) is 0 Å². The molecule has 0 aromatic carbocycles. The Hall–Kier alpha value is -3.36. The Morgan fingerprint density at radius 1 is 0.552 bits per heavy atom. The molecule has 0 aliphatic carbocycles. The molecule has 3 aromatic heterocycles. The van der Waals surface area contributed by atoms with E-state index in [1.807, 2.05) is 6.92 Å². The lowest BCUT2D eigenvalue weighted by Gasteiger charge is -1.96. The average molecular weight is 400 g/mol. The second-order valence-electron chi connectivity index (χ2n) is 5.61. The van der Waals surface area contributed by atoms with E-state index in [0.29, 0.717) is 18.0 Å². The molecule has 0 fully saturated rings. The fourth-order valence-corrected chi connectivity index (χ4v) is 1.75. The highest BCUT2D eigenvalue weighted by Gasteiger charge is 1.93. The number of aromatic nitrogens is 6. The summed E-state index contributed by atoms with van der Waals surface area (Å²) < 4.78 is 14.3. The summed E-state index contributed by atoms with van der Waals surface area (Å²) in [6.07, 6.45) is 12.4. The standard InChI is InChI=1S/2C7H10N2O.C6H8N2O/c2*1-3-6-4-8-7(10-2)9-5-6;1-5-3-7-6(9-2)8-4-5/h2*4-5H,3H2,1-2H3;3-4H,1-2H3. The van der Waals surface area contributed by atoms with Crippen molar-refractivity contribution in [3.63, 3.8) is 0 Å². The highest BCUT2D eigenvalue weighted by molar-refractivity contribution is 5.07. The van der Waals surface area contributed by atoms with Gasteiger partial charge in [0.05, 0.1) is 21.3 Å². The van der Waals surface area contributed by atoms with Crippen LogP contribution in [0.2, 0.25) is 0 Å². The maximum absolute atomic E-state index is 4.79. The van der Waals surface area contributed by atoms with Crippen LogP contribution in [0.4, 0.5) is 0 Å². The minimum Gasteiger partial charge on any atom is -0.467 e. The topological polar surface area (TPSA) is 105 Å². The van der Waals surface area contributed by atoms with Gasteiger partial charge in [-0.2, -0.15) is 0 Å². The number of aryl methyl sites for hydroxylation is 3. The van der Waals surface area contributed by atoms with Gasteiger partial charge in [-0.1, -0.05) is 13.8 Å². The van der Waals surface area contributed by atoms with E-state index in [9.17, 15) is 0 Å². The lowest BCUT2D eigenvalue weighted by Crippen LogP contribution is -1.92. The fourth-order valence-electron chi connectivity index (χ4n) is 1.75. The van der Waals surface area contributed by atoms with Gasteiger partial charge in [0.15, 0.2) is 0 Å². The van der Waals surface area contributed by atoms with Gasteiger partial charge in [0.1, 0.15) is 0 Å². The van der Waals surface area contributed by atoms with Crippen LogP contribution in [0.1, 0.15) is 30.5 Å². The first kappa shape index (κ1) is 23.7. The summed E-state index contributed by atoms with van der Waals surface area (Å²) >= 11 is 0. The Bertz CT molecular complexity index is 702. The van der Waals surface area contributed by atoms with Gasteiger partial charge in [-0.25, -0.2) is 29.9 Å². The summed E-state index contributed by atoms with van der Waals surface area (Å²) in [6, 6.07) is 1.27. The predicted octanol–water partition coefficient (Wildman–Crippen LogP) is 2.89. The SMILES string of the molecule is CCc1cnc(OC)nc1.CCc1cnc(OC)nc1.COc1ncc(C)cn1. The van der Waals surface area contributed by atoms with Gasteiger partial charge in [0, 0.05) is 37.2 Å². The third-order valence-electron chi connectivity index (χ3n) is 3.48. The molecule has 9 nitrogen and oxygen atoms in total. The van der Waals surface area contributed by atoms with Crippen molar-refractivity contribution in [1.29, 1.82) is 0 Å². The second-order valence-corrected chi connectivity index (χ2v) is 5.61. The number of nitrogens with zero attached hydrogens (tertiary/aromatic N) is 6. The van der Waals surface area contributed by atoms with Crippen LogP contribution in [0, 0.1) is 6.92 Å². The van der Waals surface area contributed by atoms with Crippen molar-refractivity contribution in [1.82, 2.24) is 29.9 Å². The zero-order valence-corrected chi connectivity index (χ0v) is 17.8. The maximum atomic E-state index is 4.79. The van der Waals surface area contributed by atoms with Crippen molar-refractivity contribution in [3.05, 3.63) is 53.9 Å². The molecule has 3 rings (SSSR count). The van der Waals surface area contributed by atoms with Crippen molar-refractivity contribution in [3.8, 4) is 18.0 Å². The van der Waals surface area contributed by atoms with Crippen molar-refractivity contribution in [2.75, 3.05) is 21.3 Å². The van der Waals surface area contributed by atoms with Crippen LogP contribution in [-0.4, -0.2) is 51.2 Å². The van der Waals surface area contributed by atoms with Gasteiger partial charge < -0.3 is 14.2 Å². The minimum atomic E-state index is 0.417. The van der Waals surface area contributed by atoms with Crippen molar-refractivity contribution < 1.29 is 14.2 Å². The number of rotatable bonds is 5. The summed E-state index contributed by atoms with van der Waals surface area (Å²) in [6.45, 7) is 6.05. The molecule has 156 valence electrons. The minimum absolute atomic E-state index is 0.417. The summed E-state index contributed by atoms with van der Waals surface area (Å²) in [5.74, 6) is 0. The molecule has 0 spiro atoms. The molecule has 0 amide bonds. The average Bonchev–Trinajstić information content (AvgIpc) is 2.80. The summed E-state index contributed by atoms with van der Waals surface area (Å²) in [5, 5.41) is 0. The highest BCUT2D eigenvalue weighted by Crippen LogP contribution is 2.02. The monoisotopic (exact) mass is 400 g/mol. The quantitative estimate of drug-likeness (QED) is 0.639. The van der Waals surface area contributed by atoms with Crippen LogP contribution in [0.3, 0.4) is 0 Å². The summed E-state index contributed by atoms with van der Waals surface area (Å²) in [4.78, 5) is 23.5. The number of hydrogen-bond donors (Lipinski definition) is 0. The largest absolute Gasteiger partial charge is 0.467 e. The molecule has 0 atom stereocenters. The predicted molar refractivity (Wildman–Crippen MR) is 109 cm³/mol. The van der Waals surface area contributed by atoms with Crippen LogP contribution < -0.4 is 14.2 Å². The number of methoxy groups -OCH3 is 3. The Morgan fingerprint density at radius 3 is 1.07 bits per heavy atom. The third-order valence-corrected chi connectivity index (χ3v) is 3.48. The molecular formula is C20H28N6O3. The van der Waals surface area contributed by atoms with E-state index in [-0.39, 0.29) is 0 Å². The lowest BCUT2D eigenvalue weighted by atomic mass is 10.3. The van der Waals surface area contributed by atoms with E-state index in [4.69, 9.17) is 14.2 Å². The van der Waals surface area contributed by atoms with E-state index in [1.165, 1.54) is 0 Å². The molecule has 29 heavy (non-hydrogen) atoms. The molecule has 0 aliphatic rings. The van der Waals surface area contributed by atoms with E-state index in [1.54, 1.807) is 58.5 Å². The van der Waals surface area contributed by atoms with Gasteiger partial charge in [0.2, 0.25) is 0 Å². The third kappa shape index (κ3) is 9.41. The van der Waals surface area contributed by atoms with E-state index in [0.717, 1.165) is 29.5 Å². The maximum Gasteiger partial charge on any atom is 0.316 e. The molecule has 3 aromatic rings. The van der Waals surface area contributed by atoms with E-state index >= 15 is 0 Å². The van der Waals surface area contributed by atoms with Gasteiger partial charge in [0.25, 0.3) is 0 Å². The molecule has 0 N–H and O–H groups in total. The van der Waals surface area contributed by atoms with Crippen molar-refractivity contribution in [2.24, 2.45) is 0 Å². The smallest absolute Gasteiger partial charge is 0.316 e. The fraction of sp³-hybridized carbons (Fsp3) is 0.400. The van der Waals surface area contributed by atoms with E-state index < -0.39 is 0 Å². The van der Waals surface area contributed by atoms with Gasteiger partial charge in [-0.05, 0) is 36.5 Å². The first-order valence-corrected chi connectivity index (χ1v) is 9.08. The number of hydrogen-bond acceptors (Lipinski definition) is 9. The van der Waals surface area contributed by atoms with Gasteiger partial charge >= 0.3 is 18.0 Å². The molecule has 0 unspecified atom stereocenters. The Balaban J connectivity index is 0.000000218. The molecule has 0 bridgehead atoms. The van der Waals surface area contributed by atoms with Crippen molar-refractivity contribution in [2.45, 2.75) is 33.6 Å². The molecule has 0 saturated carbocycles. The normalized spacial score (nSPS) is 9.31. The van der Waals surface area contributed by atoms with Crippen LogP contribution in [0.5, 0.6) is 18.0 Å². The summed E-state index contributed by atoms with van der Waals surface area (Å²) in [5.41, 5.74) is 3.29. The zero-order valence-electron chi connectivity index (χ0n) is 17.8. The molecule has 0 saturated heterocycles. The first-order valence-electron chi connectivity index (χ1n) is 9.08. The molecule has 3 heterocycles. The Kier molecular flexibility index (Phi) is 11.2. The summed E-state index contributed by atoms with van der Waals surface area (Å²) in [7, 11) is 4.66. The number of ether oxygens (including phenoxy) is 3. The zero-order chi connectivity index (χ0) is 21.5. The van der Waals surface area contributed by atoms with Gasteiger partial charge in [-0.15, -0.1) is 0 Å². The molecule has 0 aliphatic heterocycles. The molecule has 0 radical (unpaired) electrons. The second kappa shape index (κ2) is 13.8. The van der Waals surface area contributed by atoms with Crippen LogP contribution in [-0.2, 0) is 12.8 Å². The van der Waals surface area contributed by atoms with Crippen LogP contribution >= 0.6 is 0 Å². The lowest BCUT2D eigenvalue weighted by molar-refractivity contribution is 0.379. The van der Waals surface area contributed by atoms with Crippen molar-refractivity contribution >= 4 is 0 Å².